The van der Waals surface area contributed by atoms with Gasteiger partial charge in [-0.25, -0.2) is 0 Å². The number of rotatable bonds is 1. The van der Waals surface area contributed by atoms with Crippen LogP contribution in [0.25, 0.3) is 0 Å². The molecule has 0 bridgehead atoms. The molecule has 0 saturated heterocycles. The minimum Gasteiger partial charge on any atom is -0.412 e. The first-order valence-corrected chi connectivity index (χ1v) is 8.40. The molecule has 2 fully saturated rings. The summed E-state index contributed by atoms with van der Waals surface area (Å²) in [6, 6.07) is 6.18. The molecule has 3 aliphatic carbocycles. The number of hydrogen-bond acceptors (Lipinski definition) is 4. The summed E-state index contributed by atoms with van der Waals surface area (Å²) in [5.41, 5.74) is 2.67. The van der Waals surface area contributed by atoms with E-state index in [1.165, 1.54) is 11.1 Å². The Balaban J connectivity index is 1.69. The minimum atomic E-state index is -0.562. The number of nitrogens with two attached hydrogens (primary N) is 1. The summed E-state index contributed by atoms with van der Waals surface area (Å²) in [5, 5.41) is 20.6. The van der Waals surface area contributed by atoms with Gasteiger partial charge in [-0.15, -0.1) is 0 Å². The summed E-state index contributed by atoms with van der Waals surface area (Å²) in [7, 11) is 0. The van der Waals surface area contributed by atoms with Gasteiger partial charge in [0.05, 0.1) is 12.2 Å². The molecule has 1 aromatic rings. The first kappa shape index (κ1) is 14.5. The van der Waals surface area contributed by atoms with Crippen LogP contribution in [0.3, 0.4) is 0 Å². The normalized spacial score (nSPS) is 43.2. The van der Waals surface area contributed by atoms with E-state index in [0.717, 1.165) is 37.9 Å². The first-order chi connectivity index (χ1) is 10.5. The average molecular weight is 303 g/mol. The van der Waals surface area contributed by atoms with Crippen molar-refractivity contribution in [1.82, 2.24) is 0 Å². The first-order valence-electron chi connectivity index (χ1n) is 8.40. The zero-order valence-electron chi connectivity index (χ0n) is 13.0. The summed E-state index contributed by atoms with van der Waals surface area (Å²) in [6.45, 7) is 2.18. The topological polar surface area (TPSA) is 75.7 Å². The van der Waals surface area contributed by atoms with E-state index < -0.39 is 12.2 Å². The molecule has 4 N–H and O–H groups in total. The maximum atomic E-state index is 10.4. The van der Waals surface area contributed by atoms with Crippen LogP contribution in [0, 0.1) is 17.3 Å². The van der Waals surface area contributed by atoms with Crippen molar-refractivity contribution >= 4 is 0 Å². The second-order valence-electron chi connectivity index (χ2n) is 7.69. The Bertz CT molecular complexity index is 590. The van der Waals surface area contributed by atoms with Crippen LogP contribution in [0.2, 0.25) is 0 Å². The molecule has 0 amide bonds. The van der Waals surface area contributed by atoms with E-state index in [1.54, 1.807) is 0 Å². The van der Waals surface area contributed by atoms with E-state index in [2.05, 4.69) is 19.1 Å². The third-order valence-electron chi connectivity index (χ3n) is 6.81. The van der Waals surface area contributed by atoms with Crippen LogP contribution in [0.5, 0.6) is 5.75 Å². The molecule has 0 aromatic heterocycles. The average Bonchev–Trinajstić information content (AvgIpc) is 2.77. The minimum absolute atomic E-state index is 0.113. The SMILES string of the molecule is C[C@]12CC[C@@H]3c4ccc(ON)cc4CC[C@H]3[C@@H]1C[C@@H](O)[C@@H]2O. The Hall–Kier alpha value is -1.10. The van der Waals surface area contributed by atoms with E-state index >= 15 is 0 Å². The highest BCUT2D eigenvalue weighted by Crippen LogP contribution is 2.60. The van der Waals surface area contributed by atoms with E-state index in [9.17, 15) is 10.2 Å². The van der Waals surface area contributed by atoms with Crippen LogP contribution in [0.1, 0.15) is 49.7 Å². The van der Waals surface area contributed by atoms with Crippen molar-refractivity contribution in [2.45, 2.75) is 57.2 Å². The second kappa shape index (κ2) is 4.95. The highest BCUT2D eigenvalue weighted by molar-refractivity contribution is 5.40. The third kappa shape index (κ3) is 1.87. The maximum Gasteiger partial charge on any atom is 0.147 e. The quantitative estimate of drug-likeness (QED) is 0.695. The monoisotopic (exact) mass is 303 g/mol. The van der Waals surface area contributed by atoms with Crippen LogP contribution in [-0.4, -0.2) is 22.4 Å². The van der Waals surface area contributed by atoms with Gasteiger partial charge in [0, 0.05) is 0 Å². The number of aliphatic hydroxyl groups is 2. The Morgan fingerprint density at radius 3 is 2.86 bits per heavy atom. The summed E-state index contributed by atoms with van der Waals surface area (Å²) in [5.74, 6) is 7.55. The van der Waals surface area contributed by atoms with Crippen LogP contribution in [0.4, 0.5) is 0 Å². The molecule has 0 radical (unpaired) electrons. The van der Waals surface area contributed by atoms with E-state index in [0.29, 0.717) is 17.8 Å². The lowest BCUT2D eigenvalue weighted by Crippen LogP contribution is -2.44. The van der Waals surface area contributed by atoms with Crippen molar-refractivity contribution in [3.8, 4) is 5.75 Å². The van der Waals surface area contributed by atoms with Gasteiger partial charge in [0.1, 0.15) is 5.75 Å². The standard InChI is InChI=1S/C18H25NO3/c1-18-7-6-13-12-5-3-11(22-19)8-10(12)2-4-14(13)15(18)9-16(20)17(18)21/h3,5,8,13-17,20-21H,2,4,6-7,9,19H2,1H3/t13-,14-,15+,16-,17+,18+/m1/s1. The molecule has 22 heavy (non-hydrogen) atoms. The molecular formula is C18H25NO3. The van der Waals surface area contributed by atoms with Gasteiger partial charge in [-0.05, 0) is 78.5 Å². The molecule has 2 saturated carbocycles. The lowest BCUT2D eigenvalue weighted by atomic mass is 9.55. The Kier molecular flexibility index (Phi) is 3.26. The largest absolute Gasteiger partial charge is 0.412 e. The zero-order chi connectivity index (χ0) is 15.5. The Morgan fingerprint density at radius 1 is 1.27 bits per heavy atom. The highest BCUT2D eigenvalue weighted by Gasteiger charge is 2.57. The predicted molar refractivity (Wildman–Crippen MR) is 83.3 cm³/mol. The van der Waals surface area contributed by atoms with Crippen LogP contribution >= 0.6 is 0 Å². The maximum absolute atomic E-state index is 10.4. The molecule has 0 heterocycles. The van der Waals surface area contributed by atoms with Gasteiger partial charge in [-0.2, -0.15) is 5.90 Å². The molecule has 4 nitrogen and oxygen atoms in total. The fourth-order valence-electron chi connectivity index (χ4n) is 5.62. The zero-order valence-corrected chi connectivity index (χ0v) is 13.0. The van der Waals surface area contributed by atoms with Gasteiger partial charge >= 0.3 is 0 Å². The molecule has 4 heteroatoms. The molecule has 120 valence electrons. The number of fused-ring (bicyclic) bond motifs is 5. The third-order valence-corrected chi connectivity index (χ3v) is 6.81. The lowest BCUT2D eigenvalue weighted by molar-refractivity contribution is -0.0505. The fraction of sp³-hybridized carbons (Fsp3) is 0.667. The van der Waals surface area contributed by atoms with Crippen molar-refractivity contribution in [2.75, 3.05) is 0 Å². The Labute approximate surface area is 131 Å². The van der Waals surface area contributed by atoms with Crippen molar-refractivity contribution < 1.29 is 15.1 Å². The molecule has 3 aliphatic rings. The molecule has 4 rings (SSSR count). The van der Waals surface area contributed by atoms with Gasteiger partial charge in [-0.1, -0.05) is 13.0 Å². The molecule has 1 aromatic carbocycles. The summed E-state index contributed by atoms with van der Waals surface area (Å²) >= 11 is 0. The number of hydrogen-bond donors (Lipinski definition) is 3. The van der Waals surface area contributed by atoms with Gasteiger partial charge in [-0.3, -0.25) is 0 Å². The van der Waals surface area contributed by atoms with Crippen molar-refractivity contribution in [3.05, 3.63) is 29.3 Å². The fourth-order valence-corrected chi connectivity index (χ4v) is 5.62. The predicted octanol–water partition coefficient (Wildman–Crippen LogP) is 2.13. The molecule has 0 unspecified atom stereocenters. The highest BCUT2D eigenvalue weighted by atomic mass is 16.6. The van der Waals surface area contributed by atoms with Gasteiger partial charge in [0.2, 0.25) is 0 Å². The number of benzene rings is 1. The van der Waals surface area contributed by atoms with Crippen LogP contribution in [0.15, 0.2) is 18.2 Å². The number of aliphatic hydroxyl groups excluding tert-OH is 2. The Morgan fingerprint density at radius 2 is 2.09 bits per heavy atom. The summed E-state index contributed by atoms with van der Waals surface area (Å²) in [6.07, 6.45) is 3.88. The van der Waals surface area contributed by atoms with Crippen molar-refractivity contribution in [1.29, 1.82) is 0 Å². The van der Waals surface area contributed by atoms with Gasteiger partial charge in [0.25, 0.3) is 0 Å². The number of aryl methyl sites for hydroxylation is 1. The van der Waals surface area contributed by atoms with Gasteiger partial charge in [0.15, 0.2) is 0 Å². The molecule has 0 spiro atoms. The summed E-state index contributed by atoms with van der Waals surface area (Å²) in [4.78, 5) is 4.86. The van der Waals surface area contributed by atoms with E-state index in [1.807, 2.05) is 6.07 Å². The van der Waals surface area contributed by atoms with E-state index in [4.69, 9.17) is 10.7 Å². The van der Waals surface area contributed by atoms with Crippen LogP contribution < -0.4 is 10.7 Å². The second-order valence-corrected chi connectivity index (χ2v) is 7.69. The van der Waals surface area contributed by atoms with Crippen molar-refractivity contribution in [2.24, 2.45) is 23.1 Å². The van der Waals surface area contributed by atoms with Crippen LogP contribution in [-0.2, 0) is 6.42 Å². The molecule has 6 atom stereocenters. The van der Waals surface area contributed by atoms with Gasteiger partial charge < -0.3 is 15.1 Å². The van der Waals surface area contributed by atoms with E-state index in [-0.39, 0.29) is 5.41 Å². The smallest absolute Gasteiger partial charge is 0.147 e. The summed E-state index contributed by atoms with van der Waals surface area (Å²) < 4.78 is 0. The molecular weight excluding hydrogens is 278 g/mol. The molecule has 0 aliphatic heterocycles. The van der Waals surface area contributed by atoms with Crippen molar-refractivity contribution in [3.63, 3.8) is 0 Å². The lowest BCUT2D eigenvalue weighted by Gasteiger charge is -2.49.